The number of rotatable bonds is 4. The lowest BCUT2D eigenvalue weighted by Gasteiger charge is -2.45. The average molecular weight is 528 g/mol. The Labute approximate surface area is 220 Å². The van der Waals surface area contributed by atoms with Gasteiger partial charge in [0.2, 0.25) is 5.78 Å². The second-order valence-corrected chi connectivity index (χ2v) is 10.7. The van der Waals surface area contributed by atoms with Crippen LogP contribution in [0.1, 0.15) is 88.3 Å². The number of aliphatic hydroxyl groups is 3. The maximum Gasteiger partial charge on any atom is 0.201 e. The summed E-state index contributed by atoms with van der Waals surface area (Å²) in [5.41, 5.74) is -2.16. The van der Waals surface area contributed by atoms with Gasteiger partial charge in [-0.05, 0) is 45.1 Å². The lowest BCUT2D eigenvalue weighted by Crippen LogP contribution is -2.54. The molecule has 1 aliphatic heterocycles. The number of hydrogen-bond acceptors (Lipinski definition) is 10. The first-order valence-corrected chi connectivity index (χ1v) is 12.8. The van der Waals surface area contributed by atoms with Crippen molar-refractivity contribution < 1.29 is 44.6 Å². The monoisotopic (exact) mass is 527 g/mol. The van der Waals surface area contributed by atoms with Crippen LogP contribution in [0.5, 0.6) is 11.5 Å². The molecule has 1 heterocycles. The first-order valence-electron chi connectivity index (χ1n) is 12.8. The van der Waals surface area contributed by atoms with Crippen LogP contribution in [-0.2, 0) is 9.47 Å². The Balaban J connectivity index is 1.62. The van der Waals surface area contributed by atoms with E-state index in [2.05, 4.69) is 0 Å². The topological polar surface area (TPSA) is 157 Å². The van der Waals surface area contributed by atoms with Gasteiger partial charge in [0.15, 0.2) is 12.1 Å². The van der Waals surface area contributed by atoms with Crippen LogP contribution in [0.15, 0.2) is 24.3 Å². The molecule has 7 unspecified atom stereocenters. The maximum absolute atomic E-state index is 13.4. The predicted octanol–water partition coefficient (Wildman–Crippen LogP) is 1.94. The van der Waals surface area contributed by atoms with Gasteiger partial charge in [0.05, 0.1) is 35.0 Å². The van der Waals surface area contributed by atoms with Crippen LogP contribution in [0.2, 0.25) is 0 Å². The molecule has 38 heavy (non-hydrogen) atoms. The summed E-state index contributed by atoms with van der Waals surface area (Å²) in [5.74, 6) is -2.34. The second kappa shape index (κ2) is 9.41. The van der Waals surface area contributed by atoms with Crippen LogP contribution in [-0.4, -0.2) is 86.2 Å². The second-order valence-electron chi connectivity index (χ2n) is 10.7. The molecule has 1 saturated heterocycles. The number of ether oxygens (including phenoxy) is 2. The molecule has 7 atom stereocenters. The van der Waals surface area contributed by atoms with Gasteiger partial charge in [-0.25, -0.2) is 0 Å². The number of fused-ring (bicyclic) bond motifs is 3. The third-order valence-corrected chi connectivity index (χ3v) is 8.29. The molecule has 2 aromatic carbocycles. The van der Waals surface area contributed by atoms with Gasteiger partial charge < -0.3 is 39.9 Å². The molecule has 10 nitrogen and oxygen atoms in total. The Morgan fingerprint density at radius 3 is 2.47 bits per heavy atom. The Morgan fingerprint density at radius 2 is 1.82 bits per heavy atom. The van der Waals surface area contributed by atoms with Crippen molar-refractivity contribution in [2.24, 2.45) is 0 Å². The quantitative estimate of drug-likeness (QED) is 0.340. The van der Waals surface area contributed by atoms with Crippen LogP contribution in [0, 0.1) is 0 Å². The van der Waals surface area contributed by atoms with Gasteiger partial charge in [-0.15, -0.1) is 0 Å². The molecular weight excluding hydrogens is 494 g/mol. The molecule has 5 rings (SSSR count). The van der Waals surface area contributed by atoms with Gasteiger partial charge in [-0.3, -0.25) is 9.59 Å². The molecule has 1 fully saturated rings. The van der Waals surface area contributed by atoms with Crippen molar-refractivity contribution in [1.29, 1.82) is 0 Å². The van der Waals surface area contributed by atoms with Crippen molar-refractivity contribution in [3.63, 3.8) is 0 Å². The summed E-state index contributed by atoms with van der Waals surface area (Å²) in [6.07, 6.45) is -4.17. The third-order valence-electron chi connectivity index (χ3n) is 8.29. The number of aliphatic hydroxyl groups excluding tert-OH is 2. The van der Waals surface area contributed by atoms with E-state index in [0.717, 1.165) is 0 Å². The lowest BCUT2D eigenvalue weighted by atomic mass is 9.71. The summed E-state index contributed by atoms with van der Waals surface area (Å²) in [5, 5.41) is 54.8. The highest BCUT2D eigenvalue weighted by Crippen LogP contribution is 2.52. The fourth-order valence-electron chi connectivity index (χ4n) is 5.99. The number of nitrogens with zero attached hydrogens (tertiary/aromatic N) is 1. The summed E-state index contributed by atoms with van der Waals surface area (Å²) in [6.45, 7) is 3.41. The Morgan fingerprint density at radius 1 is 1.11 bits per heavy atom. The Bertz CT molecular complexity index is 1310. The summed E-state index contributed by atoms with van der Waals surface area (Å²) < 4.78 is 12.2. The van der Waals surface area contributed by atoms with Gasteiger partial charge in [0.1, 0.15) is 17.6 Å². The first kappa shape index (κ1) is 26.7. The molecule has 0 bridgehead atoms. The van der Waals surface area contributed by atoms with Gasteiger partial charge in [-0.2, -0.15) is 0 Å². The molecule has 0 spiro atoms. The van der Waals surface area contributed by atoms with E-state index in [4.69, 9.17) is 9.47 Å². The van der Waals surface area contributed by atoms with E-state index in [1.54, 1.807) is 13.8 Å². The standard InChI is InChI=1S/C28H33NO9/c1-5-28(36)11-18(38-19-10-16(29(3)4)23(31)12(2)37-19)14-9-15-21(26(34)22(14)27(28)35)25(33)20-13(24(15)32)7-6-8-17(20)30/h6-9,12,16,18-19,23,27,30-31,34-36H,5,10-11H2,1-4H3. The van der Waals surface area contributed by atoms with Crippen LogP contribution in [0.3, 0.4) is 0 Å². The molecule has 0 amide bonds. The number of likely N-dealkylation sites (N-methyl/N-ethyl adjacent to an activating group) is 1. The van der Waals surface area contributed by atoms with E-state index in [1.165, 1.54) is 24.3 Å². The van der Waals surface area contributed by atoms with E-state index in [1.807, 2.05) is 19.0 Å². The molecule has 10 heteroatoms. The van der Waals surface area contributed by atoms with Crippen molar-refractivity contribution >= 4 is 11.6 Å². The first-order chi connectivity index (χ1) is 17.9. The zero-order valence-electron chi connectivity index (χ0n) is 21.7. The molecule has 0 aromatic heterocycles. The maximum atomic E-state index is 13.4. The van der Waals surface area contributed by atoms with Crippen LogP contribution in [0.4, 0.5) is 0 Å². The average Bonchev–Trinajstić information content (AvgIpc) is 2.87. The number of ketones is 2. The van der Waals surface area contributed by atoms with Crippen molar-refractivity contribution in [1.82, 2.24) is 4.90 Å². The smallest absolute Gasteiger partial charge is 0.201 e. The van der Waals surface area contributed by atoms with Crippen molar-refractivity contribution in [2.45, 2.75) is 75.5 Å². The summed E-state index contributed by atoms with van der Waals surface area (Å²) in [6, 6.07) is 5.32. The van der Waals surface area contributed by atoms with Gasteiger partial charge in [0, 0.05) is 35.6 Å². The van der Waals surface area contributed by atoms with E-state index in [9.17, 15) is 35.1 Å². The number of phenols is 2. The number of carbonyl (C=O) groups excluding carboxylic acids is 2. The normalized spacial score (nSPS) is 32.6. The number of aromatic hydroxyl groups is 2. The molecular formula is C28H33NO9. The Hall–Kier alpha value is -2.86. The lowest BCUT2D eigenvalue weighted by molar-refractivity contribution is -0.261. The minimum absolute atomic E-state index is 0.00740. The summed E-state index contributed by atoms with van der Waals surface area (Å²) in [7, 11) is 3.68. The number of carbonyl (C=O) groups is 2. The molecule has 3 aliphatic rings. The largest absolute Gasteiger partial charge is 0.507 e. The van der Waals surface area contributed by atoms with Gasteiger partial charge in [-0.1, -0.05) is 19.1 Å². The summed E-state index contributed by atoms with van der Waals surface area (Å²) >= 11 is 0. The van der Waals surface area contributed by atoms with E-state index < -0.39 is 59.4 Å². The zero-order valence-corrected chi connectivity index (χ0v) is 21.7. The fourth-order valence-corrected chi connectivity index (χ4v) is 5.99. The SMILES string of the molecule is CCC1(O)CC(OC2CC(N(C)C)C(O)C(C)O2)c2cc3c(c(O)c2C1O)C(=O)c1c(O)cccc1C3=O. The van der Waals surface area contributed by atoms with Crippen LogP contribution in [0.25, 0.3) is 0 Å². The van der Waals surface area contributed by atoms with Gasteiger partial charge >= 0.3 is 0 Å². The zero-order chi connectivity index (χ0) is 27.7. The molecule has 2 aromatic rings. The number of hydrogen-bond donors (Lipinski definition) is 5. The third kappa shape index (κ3) is 3.95. The molecule has 204 valence electrons. The highest BCUT2D eigenvalue weighted by molar-refractivity contribution is 6.30. The molecule has 0 radical (unpaired) electrons. The van der Waals surface area contributed by atoms with Gasteiger partial charge in [0.25, 0.3) is 0 Å². The van der Waals surface area contributed by atoms with E-state index in [0.29, 0.717) is 6.42 Å². The van der Waals surface area contributed by atoms with Crippen LogP contribution < -0.4 is 0 Å². The highest BCUT2D eigenvalue weighted by Gasteiger charge is 2.49. The summed E-state index contributed by atoms with van der Waals surface area (Å²) in [4.78, 5) is 28.7. The number of benzene rings is 2. The minimum Gasteiger partial charge on any atom is -0.507 e. The van der Waals surface area contributed by atoms with E-state index >= 15 is 0 Å². The molecule has 5 N–H and O–H groups in total. The van der Waals surface area contributed by atoms with Crippen molar-refractivity contribution in [2.75, 3.05) is 14.1 Å². The van der Waals surface area contributed by atoms with E-state index in [-0.39, 0.29) is 52.3 Å². The fraction of sp³-hybridized carbons (Fsp3) is 0.500. The molecule has 2 aliphatic carbocycles. The molecule has 0 saturated carbocycles. The van der Waals surface area contributed by atoms with Crippen molar-refractivity contribution in [3.8, 4) is 11.5 Å². The van der Waals surface area contributed by atoms with Crippen molar-refractivity contribution in [3.05, 3.63) is 57.6 Å². The Kier molecular flexibility index (Phi) is 6.62. The predicted molar refractivity (Wildman–Crippen MR) is 134 cm³/mol. The minimum atomic E-state index is -1.70. The van der Waals surface area contributed by atoms with Crippen LogP contribution >= 0.6 is 0 Å². The number of phenolic OH excluding ortho intramolecular Hbond substituents is 2. The highest BCUT2D eigenvalue weighted by atomic mass is 16.7.